The van der Waals surface area contributed by atoms with Crippen LogP contribution in [0.15, 0.2) is 30.3 Å². The van der Waals surface area contributed by atoms with Crippen molar-refractivity contribution in [2.45, 2.75) is 38.3 Å². The Bertz CT molecular complexity index is 625. The lowest BCUT2D eigenvalue weighted by Crippen LogP contribution is -2.27. The van der Waals surface area contributed by atoms with Gasteiger partial charge in [-0.15, -0.1) is 11.3 Å². The topological polar surface area (TPSA) is 21.3 Å². The van der Waals surface area contributed by atoms with Crippen LogP contribution >= 0.6 is 22.9 Å². The van der Waals surface area contributed by atoms with Gasteiger partial charge >= 0.3 is 0 Å². The van der Waals surface area contributed by atoms with Gasteiger partial charge in [0.2, 0.25) is 0 Å². The predicted octanol–water partition coefficient (Wildman–Crippen LogP) is 5.14. The van der Waals surface area contributed by atoms with Crippen LogP contribution in [0.25, 0.3) is 0 Å². The lowest BCUT2D eigenvalue weighted by molar-refractivity contribution is 0.405. The molecular weight excluding hydrogens is 302 g/mol. The molecule has 2 nitrogen and oxygen atoms in total. The summed E-state index contributed by atoms with van der Waals surface area (Å²) < 4.78 is 6.22. The second kappa shape index (κ2) is 6.39. The Morgan fingerprint density at radius 3 is 3.05 bits per heavy atom. The zero-order valence-electron chi connectivity index (χ0n) is 12.4. The molecule has 2 unspecified atom stereocenters. The Morgan fingerprint density at radius 2 is 2.24 bits per heavy atom. The molecule has 0 saturated heterocycles. The molecule has 4 heteroatoms. The van der Waals surface area contributed by atoms with Crippen LogP contribution in [0.5, 0.6) is 5.75 Å². The van der Waals surface area contributed by atoms with Gasteiger partial charge in [0.05, 0.1) is 11.4 Å². The highest BCUT2D eigenvalue weighted by Gasteiger charge is 2.24. The first-order valence-corrected chi connectivity index (χ1v) is 8.55. The molecule has 1 aromatic heterocycles. The highest BCUT2D eigenvalue weighted by Crippen LogP contribution is 2.38. The third kappa shape index (κ3) is 3.25. The fourth-order valence-electron chi connectivity index (χ4n) is 3.00. The van der Waals surface area contributed by atoms with E-state index in [1.54, 1.807) is 18.4 Å². The van der Waals surface area contributed by atoms with Gasteiger partial charge in [-0.2, -0.15) is 0 Å². The maximum absolute atomic E-state index is 6.18. The molecule has 0 bridgehead atoms. The molecule has 0 amide bonds. The summed E-state index contributed by atoms with van der Waals surface area (Å²) >= 11 is 7.91. The van der Waals surface area contributed by atoms with Gasteiger partial charge in [-0.3, -0.25) is 0 Å². The van der Waals surface area contributed by atoms with E-state index in [9.17, 15) is 0 Å². The second-order valence-corrected chi connectivity index (χ2v) is 7.31. The molecule has 0 aliphatic heterocycles. The van der Waals surface area contributed by atoms with E-state index < -0.39 is 0 Å². The fourth-order valence-corrected chi connectivity index (χ4v) is 4.39. The smallest absolute Gasteiger partial charge is 0.119 e. The fraction of sp³-hybridized carbons (Fsp3) is 0.412. The van der Waals surface area contributed by atoms with Gasteiger partial charge in [0, 0.05) is 17.0 Å². The van der Waals surface area contributed by atoms with Crippen molar-refractivity contribution in [3.63, 3.8) is 0 Å². The average Bonchev–Trinajstić information content (AvgIpc) is 2.88. The summed E-state index contributed by atoms with van der Waals surface area (Å²) in [4.78, 5) is 1.45. The molecule has 112 valence electrons. The Labute approximate surface area is 135 Å². The average molecular weight is 322 g/mol. The quantitative estimate of drug-likeness (QED) is 0.842. The van der Waals surface area contributed by atoms with Crippen LogP contribution in [-0.2, 0) is 6.42 Å². The number of fused-ring (bicyclic) bond motifs is 1. The Balaban J connectivity index is 1.77. The number of ether oxygens (including phenoxy) is 1. The molecule has 0 saturated carbocycles. The van der Waals surface area contributed by atoms with E-state index in [0.29, 0.717) is 6.04 Å². The highest BCUT2D eigenvalue weighted by molar-refractivity contribution is 7.16. The van der Waals surface area contributed by atoms with Crippen molar-refractivity contribution in [2.24, 2.45) is 0 Å². The Hall–Kier alpha value is -1.03. The molecule has 0 fully saturated rings. The van der Waals surface area contributed by atoms with Crippen molar-refractivity contribution < 1.29 is 4.74 Å². The number of halogens is 1. The van der Waals surface area contributed by atoms with Gasteiger partial charge in [-0.25, -0.2) is 0 Å². The molecule has 0 spiro atoms. The predicted molar refractivity (Wildman–Crippen MR) is 89.6 cm³/mol. The maximum atomic E-state index is 6.18. The van der Waals surface area contributed by atoms with Gasteiger partial charge in [0.15, 0.2) is 0 Å². The highest BCUT2D eigenvalue weighted by atomic mass is 35.5. The molecular formula is C17H20ClNOS. The number of nitrogens with one attached hydrogen (secondary N) is 1. The van der Waals surface area contributed by atoms with E-state index >= 15 is 0 Å². The first-order chi connectivity index (χ1) is 10.2. The monoisotopic (exact) mass is 321 g/mol. The zero-order valence-corrected chi connectivity index (χ0v) is 13.9. The summed E-state index contributed by atoms with van der Waals surface area (Å²) in [5, 5.41) is 3.75. The van der Waals surface area contributed by atoms with Crippen LogP contribution in [0.3, 0.4) is 0 Å². The molecule has 21 heavy (non-hydrogen) atoms. The number of thiophene rings is 1. The normalized spacial score (nSPS) is 19.1. The summed E-state index contributed by atoms with van der Waals surface area (Å²) in [6.07, 6.45) is 3.57. The summed E-state index contributed by atoms with van der Waals surface area (Å²) in [5.74, 6) is 0.907. The summed E-state index contributed by atoms with van der Waals surface area (Å²) in [6, 6.07) is 11.1. The van der Waals surface area contributed by atoms with Crippen LogP contribution < -0.4 is 10.1 Å². The molecule has 2 aromatic rings. The number of hydrogen-bond donors (Lipinski definition) is 1. The number of hydrogen-bond acceptors (Lipinski definition) is 3. The van der Waals surface area contributed by atoms with Crippen LogP contribution in [0.4, 0.5) is 0 Å². The van der Waals surface area contributed by atoms with E-state index in [1.807, 2.05) is 12.1 Å². The first-order valence-electron chi connectivity index (χ1n) is 7.35. The number of rotatable bonds is 4. The summed E-state index contributed by atoms with van der Waals surface area (Å²) in [5.41, 5.74) is 2.65. The van der Waals surface area contributed by atoms with Crippen molar-refractivity contribution in [3.8, 4) is 5.75 Å². The molecule has 1 N–H and O–H groups in total. The summed E-state index contributed by atoms with van der Waals surface area (Å²) in [6.45, 7) is 2.21. The maximum Gasteiger partial charge on any atom is 0.119 e. The largest absolute Gasteiger partial charge is 0.497 e. The molecule has 1 heterocycles. The third-order valence-corrected chi connectivity index (χ3v) is 5.47. The van der Waals surface area contributed by atoms with Crippen molar-refractivity contribution >= 4 is 22.9 Å². The zero-order chi connectivity index (χ0) is 14.8. The van der Waals surface area contributed by atoms with Crippen molar-refractivity contribution in [1.82, 2.24) is 5.32 Å². The van der Waals surface area contributed by atoms with Gasteiger partial charge in [-0.05, 0) is 55.5 Å². The van der Waals surface area contributed by atoms with E-state index in [1.165, 1.54) is 35.3 Å². The number of aryl methyl sites for hydroxylation is 1. The number of methoxy groups -OCH3 is 1. The minimum absolute atomic E-state index is 0.287. The third-order valence-electron chi connectivity index (χ3n) is 4.13. The Morgan fingerprint density at radius 1 is 1.38 bits per heavy atom. The van der Waals surface area contributed by atoms with Crippen LogP contribution in [0.2, 0.25) is 4.34 Å². The van der Waals surface area contributed by atoms with Crippen LogP contribution in [0.1, 0.15) is 47.9 Å². The molecule has 3 rings (SSSR count). The van der Waals surface area contributed by atoms with E-state index in [0.717, 1.165) is 10.1 Å². The van der Waals surface area contributed by atoms with Crippen LogP contribution in [-0.4, -0.2) is 7.11 Å². The van der Waals surface area contributed by atoms with Crippen molar-refractivity contribution in [3.05, 3.63) is 50.7 Å². The van der Waals surface area contributed by atoms with Gasteiger partial charge in [0.1, 0.15) is 5.75 Å². The lowest BCUT2D eigenvalue weighted by atomic mass is 9.93. The Kier molecular flexibility index (Phi) is 4.53. The van der Waals surface area contributed by atoms with Gasteiger partial charge < -0.3 is 10.1 Å². The van der Waals surface area contributed by atoms with E-state index in [2.05, 4.69) is 30.4 Å². The van der Waals surface area contributed by atoms with E-state index in [4.69, 9.17) is 16.3 Å². The SMILES string of the molecule is COc1cccc(C(C)NC2CCCc3sc(Cl)cc32)c1. The lowest BCUT2D eigenvalue weighted by Gasteiger charge is -2.27. The molecule has 2 atom stereocenters. The standard InChI is InChI=1S/C17H20ClNOS/c1-11(12-5-3-6-13(9-12)20-2)19-15-7-4-8-16-14(15)10-17(18)21-16/h3,5-6,9-11,15,19H,4,7-8H2,1-2H3. The van der Waals surface area contributed by atoms with Crippen LogP contribution in [0, 0.1) is 0 Å². The molecule has 1 aromatic carbocycles. The van der Waals surface area contributed by atoms with Crippen molar-refractivity contribution in [1.29, 1.82) is 0 Å². The minimum atomic E-state index is 0.287. The molecule has 1 aliphatic rings. The van der Waals surface area contributed by atoms with Gasteiger partial charge in [-0.1, -0.05) is 23.7 Å². The minimum Gasteiger partial charge on any atom is -0.497 e. The van der Waals surface area contributed by atoms with Crippen molar-refractivity contribution in [2.75, 3.05) is 7.11 Å². The first kappa shape index (κ1) is 14.9. The summed E-state index contributed by atoms with van der Waals surface area (Å²) in [7, 11) is 1.71. The van der Waals surface area contributed by atoms with Gasteiger partial charge in [0.25, 0.3) is 0 Å². The molecule has 0 radical (unpaired) electrons. The second-order valence-electron chi connectivity index (χ2n) is 5.54. The van der Waals surface area contributed by atoms with E-state index in [-0.39, 0.29) is 6.04 Å². The molecule has 1 aliphatic carbocycles. The number of benzene rings is 1.